The fourth-order valence-electron chi connectivity index (χ4n) is 1.65. The van der Waals surface area contributed by atoms with Crippen LogP contribution in [0.25, 0.3) is 0 Å². The first-order valence-corrected chi connectivity index (χ1v) is 5.17. The SMILES string of the molecule is c1ccc(CCO[C@@H]2CCNC2)nc1. The Kier molecular flexibility index (Phi) is 3.49. The van der Waals surface area contributed by atoms with Gasteiger partial charge in [0, 0.05) is 24.9 Å². The lowest BCUT2D eigenvalue weighted by molar-refractivity contribution is 0.0690. The van der Waals surface area contributed by atoms with Crippen molar-refractivity contribution in [3.05, 3.63) is 30.1 Å². The molecule has 0 unspecified atom stereocenters. The summed E-state index contributed by atoms with van der Waals surface area (Å²) in [6, 6.07) is 5.99. The number of nitrogens with one attached hydrogen (secondary N) is 1. The van der Waals surface area contributed by atoms with Gasteiger partial charge in [-0.05, 0) is 25.1 Å². The van der Waals surface area contributed by atoms with E-state index in [-0.39, 0.29) is 0 Å². The topological polar surface area (TPSA) is 34.1 Å². The Morgan fingerprint density at radius 2 is 2.50 bits per heavy atom. The van der Waals surface area contributed by atoms with Crippen LogP contribution in [0.1, 0.15) is 12.1 Å². The summed E-state index contributed by atoms with van der Waals surface area (Å²) in [5.41, 5.74) is 1.11. The molecule has 2 rings (SSSR count). The molecule has 1 aliphatic heterocycles. The van der Waals surface area contributed by atoms with Crippen LogP contribution in [0.3, 0.4) is 0 Å². The van der Waals surface area contributed by atoms with E-state index in [9.17, 15) is 0 Å². The van der Waals surface area contributed by atoms with Crippen molar-refractivity contribution in [2.24, 2.45) is 0 Å². The van der Waals surface area contributed by atoms with Gasteiger partial charge in [0.1, 0.15) is 0 Å². The third-order valence-electron chi connectivity index (χ3n) is 2.45. The van der Waals surface area contributed by atoms with E-state index in [0.717, 1.165) is 38.2 Å². The second-order valence-electron chi connectivity index (χ2n) is 3.56. The van der Waals surface area contributed by atoms with Crippen molar-refractivity contribution in [2.75, 3.05) is 19.7 Å². The van der Waals surface area contributed by atoms with Gasteiger partial charge in [0.25, 0.3) is 0 Å². The van der Waals surface area contributed by atoms with Gasteiger partial charge in [-0.25, -0.2) is 0 Å². The normalized spacial score (nSPS) is 21.3. The molecular weight excluding hydrogens is 176 g/mol. The summed E-state index contributed by atoms with van der Waals surface area (Å²) < 4.78 is 5.70. The Bertz CT molecular complexity index is 257. The van der Waals surface area contributed by atoms with E-state index in [0.29, 0.717) is 6.10 Å². The van der Waals surface area contributed by atoms with Gasteiger partial charge in [-0.15, -0.1) is 0 Å². The van der Waals surface area contributed by atoms with Crippen LogP contribution < -0.4 is 5.32 Å². The molecule has 0 spiro atoms. The highest BCUT2D eigenvalue weighted by Gasteiger charge is 2.13. The zero-order valence-corrected chi connectivity index (χ0v) is 8.28. The van der Waals surface area contributed by atoms with E-state index in [1.54, 1.807) is 0 Å². The van der Waals surface area contributed by atoms with Crippen LogP contribution in [0.2, 0.25) is 0 Å². The molecule has 0 aliphatic carbocycles. The minimum absolute atomic E-state index is 0.415. The highest BCUT2D eigenvalue weighted by molar-refractivity contribution is 5.03. The van der Waals surface area contributed by atoms with Crippen molar-refractivity contribution in [3.63, 3.8) is 0 Å². The molecular formula is C11H16N2O. The zero-order valence-electron chi connectivity index (χ0n) is 8.28. The third kappa shape index (κ3) is 2.79. The molecule has 2 heterocycles. The van der Waals surface area contributed by atoms with Gasteiger partial charge in [0.05, 0.1) is 12.7 Å². The quantitative estimate of drug-likeness (QED) is 0.773. The molecule has 0 bridgehead atoms. The van der Waals surface area contributed by atoms with Gasteiger partial charge in [-0.3, -0.25) is 4.98 Å². The average molecular weight is 192 g/mol. The monoisotopic (exact) mass is 192 g/mol. The van der Waals surface area contributed by atoms with Crippen LogP contribution in [0, 0.1) is 0 Å². The van der Waals surface area contributed by atoms with Crippen LogP contribution in [-0.2, 0) is 11.2 Å². The molecule has 0 radical (unpaired) electrons. The van der Waals surface area contributed by atoms with Gasteiger partial charge in [0.15, 0.2) is 0 Å². The Labute approximate surface area is 84.5 Å². The van der Waals surface area contributed by atoms with Gasteiger partial charge in [-0.1, -0.05) is 6.07 Å². The van der Waals surface area contributed by atoms with Crippen molar-refractivity contribution in [2.45, 2.75) is 18.9 Å². The van der Waals surface area contributed by atoms with Crippen molar-refractivity contribution in [3.8, 4) is 0 Å². The molecule has 0 aromatic carbocycles. The molecule has 1 saturated heterocycles. The smallest absolute Gasteiger partial charge is 0.0711 e. The Morgan fingerprint density at radius 1 is 1.50 bits per heavy atom. The number of aromatic nitrogens is 1. The van der Waals surface area contributed by atoms with Crippen molar-refractivity contribution in [1.82, 2.24) is 10.3 Å². The summed E-state index contributed by atoms with van der Waals surface area (Å²) in [6.45, 7) is 2.87. The largest absolute Gasteiger partial charge is 0.376 e. The minimum atomic E-state index is 0.415. The highest BCUT2D eigenvalue weighted by Crippen LogP contribution is 2.04. The van der Waals surface area contributed by atoms with E-state index < -0.39 is 0 Å². The lowest BCUT2D eigenvalue weighted by Crippen LogP contribution is -2.18. The number of nitrogens with zero attached hydrogens (tertiary/aromatic N) is 1. The van der Waals surface area contributed by atoms with E-state index in [1.807, 2.05) is 24.4 Å². The average Bonchev–Trinajstić information content (AvgIpc) is 2.72. The molecule has 1 N–H and O–H groups in total. The van der Waals surface area contributed by atoms with Crippen molar-refractivity contribution >= 4 is 0 Å². The number of rotatable bonds is 4. The number of hydrogen-bond acceptors (Lipinski definition) is 3. The summed E-state index contributed by atoms with van der Waals surface area (Å²) >= 11 is 0. The first-order valence-electron chi connectivity index (χ1n) is 5.17. The number of pyridine rings is 1. The molecule has 76 valence electrons. The van der Waals surface area contributed by atoms with E-state index in [1.165, 1.54) is 0 Å². The predicted octanol–water partition coefficient (Wildman–Crippen LogP) is 1.00. The Balaban J connectivity index is 1.67. The number of ether oxygens (including phenoxy) is 1. The van der Waals surface area contributed by atoms with Crippen LogP contribution in [-0.4, -0.2) is 30.8 Å². The van der Waals surface area contributed by atoms with Gasteiger partial charge in [-0.2, -0.15) is 0 Å². The van der Waals surface area contributed by atoms with Gasteiger partial charge in [0.2, 0.25) is 0 Å². The predicted molar refractivity (Wildman–Crippen MR) is 55.2 cm³/mol. The maximum atomic E-state index is 5.70. The lowest BCUT2D eigenvalue weighted by Gasteiger charge is -2.09. The molecule has 0 amide bonds. The molecule has 3 heteroatoms. The van der Waals surface area contributed by atoms with Crippen LogP contribution in [0.5, 0.6) is 0 Å². The first-order chi connectivity index (χ1) is 6.95. The maximum absolute atomic E-state index is 5.70. The summed E-state index contributed by atoms with van der Waals surface area (Å²) in [4.78, 5) is 4.25. The van der Waals surface area contributed by atoms with E-state index in [2.05, 4.69) is 10.3 Å². The number of hydrogen-bond donors (Lipinski definition) is 1. The van der Waals surface area contributed by atoms with E-state index in [4.69, 9.17) is 4.74 Å². The second kappa shape index (κ2) is 5.08. The molecule has 3 nitrogen and oxygen atoms in total. The molecule has 0 saturated carbocycles. The van der Waals surface area contributed by atoms with Crippen molar-refractivity contribution in [1.29, 1.82) is 0 Å². The fraction of sp³-hybridized carbons (Fsp3) is 0.545. The maximum Gasteiger partial charge on any atom is 0.0711 e. The van der Waals surface area contributed by atoms with E-state index >= 15 is 0 Å². The molecule has 1 atom stereocenters. The standard InChI is InChI=1S/C11H16N2O/c1-2-6-13-10(3-1)5-8-14-11-4-7-12-9-11/h1-3,6,11-12H,4-5,7-9H2/t11-/m1/s1. The molecule has 1 aliphatic rings. The highest BCUT2D eigenvalue weighted by atomic mass is 16.5. The molecule has 1 fully saturated rings. The van der Waals surface area contributed by atoms with Crippen LogP contribution >= 0.6 is 0 Å². The summed E-state index contributed by atoms with van der Waals surface area (Å²) in [6.07, 6.45) is 4.30. The summed E-state index contributed by atoms with van der Waals surface area (Å²) in [7, 11) is 0. The molecule has 14 heavy (non-hydrogen) atoms. The zero-order chi connectivity index (χ0) is 9.64. The summed E-state index contributed by atoms with van der Waals surface area (Å²) in [5.74, 6) is 0. The first kappa shape index (κ1) is 9.62. The Morgan fingerprint density at radius 3 is 3.21 bits per heavy atom. The Hall–Kier alpha value is -0.930. The lowest BCUT2D eigenvalue weighted by atomic mass is 10.3. The van der Waals surface area contributed by atoms with Crippen LogP contribution in [0.15, 0.2) is 24.4 Å². The fourth-order valence-corrected chi connectivity index (χ4v) is 1.65. The van der Waals surface area contributed by atoms with Crippen LogP contribution in [0.4, 0.5) is 0 Å². The second-order valence-corrected chi connectivity index (χ2v) is 3.56. The summed E-state index contributed by atoms with van der Waals surface area (Å²) in [5, 5.41) is 3.28. The molecule has 1 aromatic rings. The van der Waals surface area contributed by atoms with Gasteiger partial charge >= 0.3 is 0 Å². The third-order valence-corrected chi connectivity index (χ3v) is 2.45. The van der Waals surface area contributed by atoms with Gasteiger partial charge < -0.3 is 10.1 Å². The molecule has 1 aromatic heterocycles. The minimum Gasteiger partial charge on any atom is -0.376 e. The van der Waals surface area contributed by atoms with Crippen molar-refractivity contribution < 1.29 is 4.74 Å².